The zero-order chi connectivity index (χ0) is 13.8. The lowest BCUT2D eigenvalue weighted by Gasteiger charge is -2.38. The number of hydrogen-bond acceptors (Lipinski definition) is 2. The molecule has 0 aliphatic carbocycles. The molecule has 2 heteroatoms. The van der Waals surface area contributed by atoms with Gasteiger partial charge >= 0.3 is 0 Å². The molecule has 0 spiro atoms. The Balaban J connectivity index is 2.01. The van der Waals surface area contributed by atoms with E-state index < -0.39 is 0 Å². The van der Waals surface area contributed by atoms with Gasteiger partial charge in [0, 0.05) is 6.04 Å². The lowest BCUT2D eigenvalue weighted by Crippen LogP contribution is -2.37. The Hall–Kier alpha value is -1.02. The first-order chi connectivity index (χ1) is 9.11. The molecule has 0 bridgehead atoms. The van der Waals surface area contributed by atoms with Crippen LogP contribution in [0.4, 0.5) is 0 Å². The van der Waals surface area contributed by atoms with Crippen LogP contribution in [-0.4, -0.2) is 23.1 Å². The van der Waals surface area contributed by atoms with Crippen LogP contribution in [0.2, 0.25) is 0 Å². The number of likely N-dealkylation sites (tertiary alicyclic amines) is 1. The maximum atomic E-state index is 9.40. The number of aromatic hydroxyl groups is 1. The molecule has 2 rings (SSSR count). The van der Waals surface area contributed by atoms with Gasteiger partial charge < -0.3 is 5.11 Å². The van der Waals surface area contributed by atoms with E-state index in [1.807, 2.05) is 0 Å². The molecule has 1 aromatic carbocycles. The highest BCUT2D eigenvalue weighted by Gasteiger charge is 2.26. The van der Waals surface area contributed by atoms with Crippen LogP contribution >= 0.6 is 0 Å². The molecule has 2 nitrogen and oxygen atoms in total. The van der Waals surface area contributed by atoms with E-state index in [2.05, 4.69) is 37.8 Å². The fourth-order valence-electron chi connectivity index (χ4n) is 3.30. The Labute approximate surface area is 117 Å². The second kappa shape index (κ2) is 6.42. The van der Waals surface area contributed by atoms with Gasteiger partial charge in [-0.3, -0.25) is 4.90 Å². The SMILES string of the molecule is CCC(c1ccc(O)cc1)N1CCC(C(C)C)CC1. The van der Waals surface area contributed by atoms with Gasteiger partial charge in [0.25, 0.3) is 0 Å². The van der Waals surface area contributed by atoms with Gasteiger partial charge in [0.15, 0.2) is 0 Å². The first-order valence-electron chi connectivity index (χ1n) is 7.64. The standard InChI is InChI=1S/C17H27NO/c1-4-17(15-5-7-16(19)8-6-15)18-11-9-14(10-12-18)13(2)3/h5-8,13-14,17,19H,4,9-12H2,1-3H3. The third kappa shape index (κ3) is 3.50. The average molecular weight is 261 g/mol. The Morgan fingerprint density at radius 3 is 2.21 bits per heavy atom. The summed E-state index contributed by atoms with van der Waals surface area (Å²) in [5.74, 6) is 2.07. The summed E-state index contributed by atoms with van der Waals surface area (Å²) in [6, 6.07) is 8.25. The maximum Gasteiger partial charge on any atom is 0.115 e. The van der Waals surface area contributed by atoms with E-state index in [0.29, 0.717) is 11.8 Å². The summed E-state index contributed by atoms with van der Waals surface area (Å²) in [6.45, 7) is 9.37. The van der Waals surface area contributed by atoms with Crippen molar-refractivity contribution in [2.75, 3.05) is 13.1 Å². The first-order valence-corrected chi connectivity index (χ1v) is 7.64. The summed E-state index contributed by atoms with van der Waals surface area (Å²) in [5.41, 5.74) is 1.34. The summed E-state index contributed by atoms with van der Waals surface area (Å²) in [6.07, 6.45) is 3.79. The van der Waals surface area contributed by atoms with Gasteiger partial charge in [0.05, 0.1) is 0 Å². The van der Waals surface area contributed by atoms with E-state index in [4.69, 9.17) is 0 Å². The molecule has 0 saturated carbocycles. The molecule has 1 fully saturated rings. The van der Waals surface area contributed by atoms with Crippen molar-refractivity contribution >= 4 is 0 Å². The van der Waals surface area contributed by atoms with Crippen molar-refractivity contribution in [2.24, 2.45) is 11.8 Å². The van der Waals surface area contributed by atoms with Gasteiger partial charge in [0.1, 0.15) is 5.75 Å². The van der Waals surface area contributed by atoms with Gasteiger partial charge in [-0.2, -0.15) is 0 Å². The van der Waals surface area contributed by atoms with Gasteiger partial charge in [-0.15, -0.1) is 0 Å². The highest BCUT2D eigenvalue weighted by atomic mass is 16.3. The number of nitrogens with zero attached hydrogens (tertiary/aromatic N) is 1. The minimum Gasteiger partial charge on any atom is -0.508 e. The molecule has 0 radical (unpaired) electrons. The summed E-state index contributed by atoms with van der Waals surface area (Å²) >= 11 is 0. The molecule has 106 valence electrons. The van der Waals surface area contributed by atoms with Crippen LogP contribution in [0.1, 0.15) is 51.6 Å². The number of benzene rings is 1. The Morgan fingerprint density at radius 1 is 1.16 bits per heavy atom. The summed E-state index contributed by atoms with van der Waals surface area (Å²) in [7, 11) is 0. The van der Waals surface area contributed by atoms with Crippen molar-refractivity contribution in [2.45, 2.75) is 46.1 Å². The summed E-state index contributed by atoms with van der Waals surface area (Å²) in [5, 5.41) is 9.40. The normalized spacial score (nSPS) is 19.8. The topological polar surface area (TPSA) is 23.5 Å². The molecule has 1 unspecified atom stereocenters. The van der Waals surface area contributed by atoms with Crippen LogP contribution in [0.15, 0.2) is 24.3 Å². The summed E-state index contributed by atoms with van der Waals surface area (Å²) in [4.78, 5) is 2.62. The molecule has 1 aliphatic heterocycles. The van der Waals surface area contributed by atoms with Gasteiger partial charge in [0.2, 0.25) is 0 Å². The predicted octanol–water partition coefficient (Wildman–Crippen LogP) is 4.21. The van der Waals surface area contributed by atoms with Crippen molar-refractivity contribution < 1.29 is 5.11 Å². The second-order valence-corrected chi connectivity index (χ2v) is 6.13. The van der Waals surface area contributed by atoms with E-state index in [-0.39, 0.29) is 0 Å². The zero-order valence-electron chi connectivity index (χ0n) is 12.5. The largest absolute Gasteiger partial charge is 0.508 e. The zero-order valence-corrected chi connectivity index (χ0v) is 12.5. The molecule has 1 saturated heterocycles. The smallest absolute Gasteiger partial charge is 0.115 e. The van der Waals surface area contributed by atoms with Crippen LogP contribution in [0, 0.1) is 11.8 Å². The predicted molar refractivity (Wildman–Crippen MR) is 80.3 cm³/mol. The molecule has 1 aliphatic rings. The van der Waals surface area contributed by atoms with Crippen molar-refractivity contribution in [3.05, 3.63) is 29.8 Å². The van der Waals surface area contributed by atoms with Crippen LogP contribution in [0.3, 0.4) is 0 Å². The first kappa shape index (κ1) is 14.4. The number of rotatable bonds is 4. The minimum absolute atomic E-state index is 0.358. The Kier molecular flexibility index (Phi) is 4.87. The monoisotopic (exact) mass is 261 g/mol. The minimum atomic E-state index is 0.358. The molecular weight excluding hydrogens is 234 g/mol. The van der Waals surface area contributed by atoms with Crippen LogP contribution in [-0.2, 0) is 0 Å². The van der Waals surface area contributed by atoms with E-state index >= 15 is 0 Å². The fourth-order valence-corrected chi connectivity index (χ4v) is 3.30. The second-order valence-electron chi connectivity index (χ2n) is 6.13. The fraction of sp³-hybridized carbons (Fsp3) is 0.647. The molecule has 0 amide bonds. The molecule has 1 aromatic rings. The van der Waals surface area contributed by atoms with E-state index in [9.17, 15) is 5.11 Å². The van der Waals surface area contributed by atoms with Crippen molar-refractivity contribution in [3.63, 3.8) is 0 Å². The molecular formula is C17H27NO. The number of phenols is 1. The highest BCUT2D eigenvalue weighted by molar-refractivity contribution is 5.28. The van der Waals surface area contributed by atoms with Gasteiger partial charge in [-0.1, -0.05) is 32.9 Å². The molecule has 1 atom stereocenters. The highest BCUT2D eigenvalue weighted by Crippen LogP contribution is 2.32. The van der Waals surface area contributed by atoms with Crippen LogP contribution in [0.5, 0.6) is 5.75 Å². The number of hydrogen-bond donors (Lipinski definition) is 1. The van der Waals surface area contributed by atoms with E-state index in [1.54, 1.807) is 12.1 Å². The molecule has 19 heavy (non-hydrogen) atoms. The van der Waals surface area contributed by atoms with Crippen molar-refractivity contribution in [3.8, 4) is 5.75 Å². The van der Waals surface area contributed by atoms with Gasteiger partial charge in [-0.25, -0.2) is 0 Å². The summed E-state index contributed by atoms with van der Waals surface area (Å²) < 4.78 is 0. The lowest BCUT2D eigenvalue weighted by atomic mass is 9.85. The van der Waals surface area contributed by atoms with Crippen molar-refractivity contribution in [1.29, 1.82) is 0 Å². The quantitative estimate of drug-likeness (QED) is 0.877. The maximum absolute atomic E-state index is 9.40. The molecule has 1 heterocycles. The Morgan fingerprint density at radius 2 is 1.74 bits per heavy atom. The number of phenolic OH excluding ortho intramolecular Hbond substituents is 1. The Bertz CT molecular complexity index is 377. The molecule has 0 aromatic heterocycles. The van der Waals surface area contributed by atoms with Gasteiger partial charge in [-0.05, 0) is 61.9 Å². The lowest BCUT2D eigenvalue weighted by molar-refractivity contribution is 0.112. The van der Waals surface area contributed by atoms with E-state index in [1.165, 1.54) is 31.5 Å². The van der Waals surface area contributed by atoms with Crippen molar-refractivity contribution in [1.82, 2.24) is 4.90 Å². The molecule has 1 N–H and O–H groups in total. The third-order valence-electron chi connectivity index (χ3n) is 4.62. The van der Waals surface area contributed by atoms with Crippen LogP contribution in [0.25, 0.3) is 0 Å². The third-order valence-corrected chi connectivity index (χ3v) is 4.62. The van der Waals surface area contributed by atoms with Crippen LogP contribution < -0.4 is 0 Å². The van der Waals surface area contributed by atoms with E-state index in [0.717, 1.165) is 18.3 Å². The average Bonchev–Trinajstić information content (AvgIpc) is 2.42. The number of piperidine rings is 1.